The van der Waals surface area contributed by atoms with Gasteiger partial charge in [0.15, 0.2) is 0 Å². The highest BCUT2D eigenvalue weighted by Crippen LogP contribution is 2.39. The first kappa shape index (κ1) is 20.5. The molecule has 1 unspecified atom stereocenters. The molecule has 0 radical (unpaired) electrons. The SMILES string of the molecule is O=C(C1CCOCC1)N1CCC2(CC1)CC(Cc1nc(-c3cnccn3)no1)CCO2. The normalized spacial score (nSPS) is 24.4. The van der Waals surface area contributed by atoms with E-state index in [0.29, 0.717) is 42.4 Å². The van der Waals surface area contributed by atoms with Crippen molar-refractivity contribution in [1.82, 2.24) is 25.0 Å². The van der Waals surface area contributed by atoms with Crippen molar-refractivity contribution in [3.8, 4) is 11.5 Å². The Morgan fingerprint density at radius 1 is 1.13 bits per heavy atom. The first-order chi connectivity index (χ1) is 15.2. The lowest BCUT2D eigenvalue weighted by Crippen LogP contribution is -2.52. The molecular weight excluding hydrogens is 398 g/mol. The van der Waals surface area contributed by atoms with E-state index in [2.05, 4.69) is 20.1 Å². The third kappa shape index (κ3) is 4.62. The van der Waals surface area contributed by atoms with E-state index < -0.39 is 0 Å². The minimum absolute atomic E-state index is 0.129. The summed E-state index contributed by atoms with van der Waals surface area (Å²) in [5, 5.41) is 4.06. The Labute approximate surface area is 181 Å². The van der Waals surface area contributed by atoms with E-state index in [1.165, 1.54) is 0 Å². The Kier molecular flexibility index (Phi) is 5.95. The number of hydrogen-bond acceptors (Lipinski definition) is 8. The predicted octanol–water partition coefficient (Wildman–Crippen LogP) is 2.28. The van der Waals surface area contributed by atoms with Crippen molar-refractivity contribution in [2.24, 2.45) is 11.8 Å². The maximum absolute atomic E-state index is 12.8. The van der Waals surface area contributed by atoms with Gasteiger partial charge in [0.2, 0.25) is 17.6 Å². The van der Waals surface area contributed by atoms with Crippen LogP contribution in [0.2, 0.25) is 0 Å². The summed E-state index contributed by atoms with van der Waals surface area (Å²) >= 11 is 0. The van der Waals surface area contributed by atoms with Crippen molar-refractivity contribution < 1.29 is 18.8 Å². The van der Waals surface area contributed by atoms with Crippen molar-refractivity contribution >= 4 is 5.91 Å². The smallest absolute Gasteiger partial charge is 0.227 e. The molecule has 0 N–H and O–H groups in total. The van der Waals surface area contributed by atoms with Gasteiger partial charge in [-0.2, -0.15) is 4.98 Å². The second-order valence-electron chi connectivity index (χ2n) is 8.91. The quantitative estimate of drug-likeness (QED) is 0.732. The zero-order valence-electron chi connectivity index (χ0n) is 17.7. The molecule has 5 rings (SSSR count). The summed E-state index contributed by atoms with van der Waals surface area (Å²) < 4.78 is 17.2. The Morgan fingerprint density at radius 3 is 2.74 bits per heavy atom. The molecule has 9 nitrogen and oxygen atoms in total. The molecule has 3 aliphatic rings. The standard InChI is InChI=1S/C22H29N5O4/c28-21(17-2-10-29-11-3-17)27-8-4-22(5-9-27)14-16(1-12-30-22)13-19-25-20(26-31-19)18-15-23-6-7-24-18/h6-7,15-17H,1-5,8-14H2. The highest BCUT2D eigenvalue weighted by atomic mass is 16.5. The molecule has 3 saturated heterocycles. The van der Waals surface area contributed by atoms with E-state index in [4.69, 9.17) is 14.0 Å². The zero-order valence-corrected chi connectivity index (χ0v) is 17.7. The molecule has 9 heteroatoms. The van der Waals surface area contributed by atoms with Crippen molar-refractivity contribution in [3.05, 3.63) is 24.5 Å². The molecule has 1 amide bonds. The number of amides is 1. The molecule has 2 aromatic rings. The lowest BCUT2D eigenvalue weighted by atomic mass is 9.78. The molecule has 1 atom stereocenters. The van der Waals surface area contributed by atoms with Crippen molar-refractivity contribution in [3.63, 3.8) is 0 Å². The van der Waals surface area contributed by atoms with Gasteiger partial charge in [-0.15, -0.1) is 0 Å². The Hall–Kier alpha value is -2.39. The summed E-state index contributed by atoms with van der Waals surface area (Å²) in [5.41, 5.74) is 0.478. The number of ether oxygens (including phenoxy) is 2. The van der Waals surface area contributed by atoms with Gasteiger partial charge in [-0.25, -0.2) is 4.98 Å². The van der Waals surface area contributed by atoms with Crippen molar-refractivity contribution in [2.45, 2.75) is 50.5 Å². The lowest BCUT2D eigenvalue weighted by Gasteiger charge is -2.46. The molecule has 0 aromatic carbocycles. The Morgan fingerprint density at radius 2 is 1.97 bits per heavy atom. The van der Waals surface area contributed by atoms with E-state index in [1.807, 2.05) is 4.90 Å². The van der Waals surface area contributed by atoms with E-state index in [-0.39, 0.29) is 11.5 Å². The van der Waals surface area contributed by atoms with Gasteiger partial charge in [0, 0.05) is 57.6 Å². The van der Waals surface area contributed by atoms with Crippen LogP contribution in [0.25, 0.3) is 11.5 Å². The number of carbonyl (C=O) groups is 1. The van der Waals surface area contributed by atoms with Crippen LogP contribution in [0.3, 0.4) is 0 Å². The van der Waals surface area contributed by atoms with Gasteiger partial charge in [0.05, 0.1) is 11.8 Å². The molecule has 2 aromatic heterocycles. The van der Waals surface area contributed by atoms with Gasteiger partial charge >= 0.3 is 0 Å². The fraction of sp³-hybridized carbons (Fsp3) is 0.682. The third-order valence-corrected chi connectivity index (χ3v) is 6.88. The maximum atomic E-state index is 12.8. The van der Waals surface area contributed by atoms with Crippen LogP contribution in [-0.2, 0) is 20.7 Å². The molecule has 0 saturated carbocycles. The summed E-state index contributed by atoms with van der Waals surface area (Å²) in [6, 6.07) is 0. The molecule has 31 heavy (non-hydrogen) atoms. The number of piperidine rings is 1. The van der Waals surface area contributed by atoms with Crippen LogP contribution in [0.15, 0.2) is 23.1 Å². The van der Waals surface area contributed by atoms with Gasteiger partial charge in [-0.05, 0) is 44.4 Å². The molecule has 3 fully saturated rings. The van der Waals surface area contributed by atoms with E-state index in [1.54, 1.807) is 18.6 Å². The first-order valence-corrected chi connectivity index (χ1v) is 11.3. The number of carbonyl (C=O) groups excluding carboxylic acids is 1. The van der Waals surface area contributed by atoms with Gasteiger partial charge < -0.3 is 18.9 Å². The summed E-state index contributed by atoms with van der Waals surface area (Å²) in [4.78, 5) is 27.7. The number of aromatic nitrogens is 4. The number of likely N-dealkylation sites (tertiary alicyclic amines) is 1. The molecule has 1 spiro atoms. The summed E-state index contributed by atoms with van der Waals surface area (Å²) in [6.07, 6.45) is 11.0. The topological polar surface area (TPSA) is 103 Å². The van der Waals surface area contributed by atoms with Crippen LogP contribution in [-0.4, -0.2) is 69.4 Å². The monoisotopic (exact) mass is 427 g/mol. The number of nitrogens with zero attached hydrogens (tertiary/aromatic N) is 5. The van der Waals surface area contributed by atoms with E-state index in [0.717, 1.165) is 64.6 Å². The largest absolute Gasteiger partial charge is 0.381 e. The highest BCUT2D eigenvalue weighted by Gasteiger charge is 2.42. The molecule has 0 aliphatic carbocycles. The van der Waals surface area contributed by atoms with Crippen LogP contribution in [0.1, 0.15) is 44.4 Å². The second-order valence-corrected chi connectivity index (χ2v) is 8.91. The van der Waals surface area contributed by atoms with Crippen molar-refractivity contribution in [1.29, 1.82) is 0 Å². The fourth-order valence-electron chi connectivity index (χ4n) is 5.09. The molecular formula is C22H29N5O4. The fourth-order valence-corrected chi connectivity index (χ4v) is 5.09. The molecule has 3 aliphatic heterocycles. The van der Waals surface area contributed by atoms with Crippen LogP contribution in [0, 0.1) is 11.8 Å². The molecule has 5 heterocycles. The maximum Gasteiger partial charge on any atom is 0.227 e. The Bertz CT molecular complexity index is 875. The number of rotatable bonds is 4. The lowest BCUT2D eigenvalue weighted by molar-refractivity contribution is -0.152. The highest BCUT2D eigenvalue weighted by molar-refractivity contribution is 5.79. The van der Waals surface area contributed by atoms with Gasteiger partial charge in [0.25, 0.3) is 0 Å². The first-order valence-electron chi connectivity index (χ1n) is 11.3. The van der Waals surface area contributed by atoms with Crippen molar-refractivity contribution in [2.75, 3.05) is 32.9 Å². The van der Waals surface area contributed by atoms with Crippen LogP contribution in [0.5, 0.6) is 0 Å². The average molecular weight is 428 g/mol. The zero-order chi connectivity index (χ0) is 21.1. The molecule has 0 bridgehead atoms. The third-order valence-electron chi connectivity index (χ3n) is 6.88. The van der Waals surface area contributed by atoms with Gasteiger partial charge in [-0.3, -0.25) is 9.78 Å². The summed E-state index contributed by atoms with van der Waals surface area (Å²) in [5.74, 6) is 1.97. The van der Waals surface area contributed by atoms with E-state index in [9.17, 15) is 4.79 Å². The van der Waals surface area contributed by atoms with Gasteiger partial charge in [0.1, 0.15) is 5.69 Å². The Balaban J connectivity index is 1.16. The van der Waals surface area contributed by atoms with Gasteiger partial charge in [-0.1, -0.05) is 5.16 Å². The van der Waals surface area contributed by atoms with Crippen LogP contribution >= 0.6 is 0 Å². The molecule has 166 valence electrons. The average Bonchev–Trinajstić information content (AvgIpc) is 3.29. The minimum Gasteiger partial charge on any atom is -0.381 e. The summed E-state index contributed by atoms with van der Waals surface area (Å²) in [7, 11) is 0. The van der Waals surface area contributed by atoms with E-state index >= 15 is 0 Å². The van der Waals surface area contributed by atoms with Crippen LogP contribution in [0.4, 0.5) is 0 Å². The number of hydrogen-bond donors (Lipinski definition) is 0. The predicted molar refractivity (Wildman–Crippen MR) is 110 cm³/mol. The summed E-state index contributed by atoms with van der Waals surface area (Å²) in [6.45, 7) is 3.70. The second kappa shape index (κ2) is 9.00. The van der Waals surface area contributed by atoms with Crippen LogP contribution < -0.4 is 0 Å². The minimum atomic E-state index is -0.136.